The van der Waals surface area contributed by atoms with Crippen molar-refractivity contribution in [3.63, 3.8) is 0 Å². The molecular weight excluding hydrogens is 170 g/mol. The highest BCUT2D eigenvalue weighted by atomic mass is 16.6. The summed E-state index contributed by atoms with van der Waals surface area (Å²) in [5, 5.41) is 2.43. The monoisotopic (exact) mass is 179 g/mol. The highest BCUT2D eigenvalue weighted by Crippen LogP contribution is 2.62. The van der Waals surface area contributed by atoms with Gasteiger partial charge in [0.2, 0.25) is 11.8 Å². The van der Waals surface area contributed by atoms with Crippen molar-refractivity contribution in [2.45, 2.75) is 18.6 Å². The van der Waals surface area contributed by atoms with Crippen LogP contribution in [0.5, 0.6) is 0 Å². The van der Waals surface area contributed by atoms with Crippen LogP contribution >= 0.6 is 0 Å². The van der Waals surface area contributed by atoms with Gasteiger partial charge >= 0.3 is 0 Å². The minimum absolute atomic E-state index is 0.0544. The number of hydrogen-bond donors (Lipinski definition) is 1. The number of carbonyl (C=O) groups excluding carboxylic acids is 2. The molecule has 0 radical (unpaired) electrons. The first kappa shape index (κ1) is 6.54. The van der Waals surface area contributed by atoms with Crippen LogP contribution in [0.25, 0.3) is 0 Å². The Bertz CT molecular complexity index is 310. The summed E-state index contributed by atoms with van der Waals surface area (Å²) in [5.41, 5.74) is 0. The Labute approximate surface area is 74.6 Å². The second-order valence-electron chi connectivity index (χ2n) is 4.53. The zero-order valence-electron chi connectivity index (χ0n) is 6.90. The molecule has 68 valence electrons. The lowest BCUT2D eigenvalue weighted by molar-refractivity contribution is -0.127. The third-order valence-electron chi connectivity index (χ3n) is 4.11. The average Bonchev–Trinajstić information content (AvgIpc) is 2.58. The van der Waals surface area contributed by atoms with Crippen molar-refractivity contribution in [2.24, 2.45) is 23.7 Å². The fourth-order valence-corrected chi connectivity index (χ4v) is 3.65. The number of ether oxygens (including phenoxy) is 1. The number of rotatable bonds is 0. The van der Waals surface area contributed by atoms with Gasteiger partial charge in [0.1, 0.15) is 0 Å². The molecule has 4 aliphatic rings. The SMILES string of the molecule is O=C1NC(=O)C2C3CC(C4OC34)C12. The lowest BCUT2D eigenvalue weighted by Crippen LogP contribution is -2.29. The van der Waals surface area contributed by atoms with E-state index in [0.717, 1.165) is 6.42 Å². The van der Waals surface area contributed by atoms with Gasteiger partial charge in [-0.05, 0) is 6.42 Å². The molecule has 4 rings (SSSR count). The Hall–Kier alpha value is -0.900. The Morgan fingerprint density at radius 1 is 1.08 bits per heavy atom. The zero-order chi connectivity index (χ0) is 8.74. The van der Waals surface area contributed by atoms with Crippen LogP contribution in [-0.4, -0.2) is 24.0 Å². The molecule has 2 bridgehead atoms. The predicted octanol–water partition coefficient (Wildman–Crippen LogP) is -0.708. The van der Waals surface area contributed by atoms with Crippen LogP contribution in [0.15, 0.2) is 0 Å². The van der Waals surface area contributed by atoms with E-state index in [1.165, 1.54) is 0 Å². The van der Waals surface area contributed by atoms with Crippen LogP contribution in [-0.2, 0) is 14.3 Å². The third kappa shape index (κ3) is 0.544. The van der Waals surface area contributed by atoms with Crippen molar-refractivity contribution in [1.82, 2.24) is 5.32 Å². The minimum Gasteiger partial charge on any atom is -0.369 e. The first-order valence-electron chi connectivity index (χ1n) is 4.77. The number of imide groups is 1. The van der Waals surface area contributed by atoms with Gasteiger partial charge in [0.15, 0.2) is 0 Å². The van der Waals surface area contributed by atoms with Gasteiger partial charge in [0.05, 0.1) is 24.0 Å². The normalized spacial score (nSPS) is 60.6. The molecule has 4 fully saturated rings. The van der Waals surface area contributed by atoms with Gasteiger partial charge in [-0.1, -0.05) is 0 Å². The maximum Gasteiger partial charge on any atom is 0.230 e. The highest BCUT2D eigenvalue weighted by molar-refractivity contribution is 6.06. The second-order valence-corrected chi connectivity index (χ2v) is 4.53. The molecule has 2 aliphatic heterocycles. The molecule has 6 atom stereocenters. The maximum atomic E-state index is 11.4. The highest BCUT2D eigenvalue weighted by Gasteiger charge is 2.72. The lowest BCUT2D eigenvalue weighted by Gasteiger charge is -2.15. The number of nitrogens with one attached hydrogen (secondary N) is 1. The predicted molar refractivity (Wildman–Crippen MR) is 40.4 cm³/mol. The topological polar surface area (TPSA) is 58.7 Å². The molecule has 2 heterocycles. The first-order valence-corrected chi connectivity index (χ1v) is 4.77. The van der Waals surface area contributed by atoms with E-state index in [1.807, 2.05) is 0 Å². The minimum atomic E-state index is -0.0588. The van der Waals surface area contributed by atoms with Gasteiger partial charge in [-0.2, -0.15) is 0 Å². The van der Waals surface area contributed by atoms with Gasteiger partial charge in [-0.25, -0.2) is 0 Å². The van der Waals surface area contributed by atoms with Crippen molar-refractivity contribution in [2.75, 3.05) is 0 Å². The Morgan fingerprint density at radius 2 is 1.62 bits per heavy atom. The van der Waals surface area contributed by atoms with E-state index in [0.29, 0.717) is 24.0 Å². The fraction of sp³-hybridized carbons (Fsp3) is 0.778. The van der Waals surface area contributed by atoms with Gasteiger partial charge in [-0.15, -0.1) is 0 Å². The summed E-state index contributed by atoms with van der Waals surface area (Å²) in [6.07, 6.45) is 1.65. The number of epoxide rings is 1. The lowest BCUT2D eigenvalue weighted by atomic mass is 9.81. The third-order valence-corrected chi connectivity index (χ3v) is 4.11. The maximum absolute atomic E-state index is 11.4. The van der Waals surface area contributed by atoms with Crippen LogP contribution in [0.3, 0.4) is 0 Å². The fourth-order valence-electron chi connectivity index (χ4n) is 3.65. The molecule has 0 aromatic rings. The summed E-state index contributed by atoms with van der Waals surface area (Å²) >= 11 is 0. The largest absolute Gasteiger partial charge is 0.369 e. The Balaban J connectivity index is 1.84. The van der Waals surface area contributed by atoms with Crippen molar-refractivity contribution >= 4 is 11.8 Å². The smallest absolute Gasteiger partial charge is 0.230 e. The summed E-state index contributed by atoms with van der Waals surface area (Å²) in [6.45, 7) is 0. The van der Waals surface area contributed by atoms with Crippen LogP contribution in [0.1, 0.15) is 6.42 Å². The van der Waals surface area contributed by atoms with Crippen LogP contribution < -0.4 is 5.32 Å². The number of amides is 2. The van der Waals surface area contributed by atoms with E-state index in [4.69, 9.17) is 4.74 Å². The molecule has 2 saturated heterocycles. The van der Waals surface area contributed by atoms with Gasteiger partial charge < -0.3 is 4.74 Å². The van der Waals surface area contributed by atoms with Crippen molar-refractivity contribution in [3.05, 3.63) is 0 Å². The molecule has 13 heavy (non-hydrogen) atoms. The van der Waals surface area contributed by atoms with E-state index in [1.54, 1.807) is 0 Å². The van der Waals surface area contributed by atoms with Crippen LogP contribution in [0.2, 0.25) is 0 Å². The molecule has 0 aromatic heterocycles. The van der Waals surface area contributed by atoms with Gasteiger partial charge in [0.25, 0.3) is 0 Å². The number of fused-ring (bicyclic) bond motifs is 8. The van der Waals surface area contributed by atoms with Gasteiger partial charge in [0, 0.05) is 11.8 Å². The molecule has 4 heteroatoms. The van der Waals surface area contributed by atoms with E-state index >= 15 is 0 Å². The molecular formula is C9H9NO3. The summed E-state index contributed by atoms with van der Waals surface area (Å²) in [5.74, 6) is 0.452. The van der Waals surface area contributed by atoms with Crippen molar-refractivity contribution in [3.8, 4) is 0 Å². The van der Waals surface area contributed by atoms with Crippen molar-refractivity contribution in [1.29, 1.82) is 0 Å². The molecule has 4 nitrogen and oxygen atoms in total. The molecule has 0 spiro atoms. The summed E-state index contributed by atoms with van der Waals surface area (Å²) in [4.78, 5) is 22.9. The van der Waals surface area contributed by atoms with Crippen LogP contribution in [0, 0.1) is 23.7 Å². The van der Waals surface area contributed by atoms with Crippen molar-refractivity contribution < 1.29 is 14.3 Å². The Morgan fingerprint density at radius 3 is 2.15 bits per heavy atom. The Kier molecular flexibility index (Phi) is 0.836. The molecule has 0 aromatic carbocycles. The van der Waals surface area contributed by atoms with Gasteiger partial charge in [-0.3, -0.25) is 14.9 Å². The van der Waals surface area contributed by atoms with Crippen LogP contribution in [0.4, 0.5) is 0 Å². The number of hydrogen-bond acceptors (Lipinski definition) is 3. The van der Waals surface area contributed by atoms with E-state index in [9.17, 15) is 9.59 Å². The number of carbonyl (C=O) groups is 2. The molecule has 2 saturated carbocycles. The average molecular weight is 179 g/mol. The summed E-state index contributed by atoms with van der Waals surface area (Å²) < 4.78 is 5.44. The first-order chi connectivity index (χ1) is 6.27. The molecule has 1 N–H and O–H groups in total. The van der Waals surface area contributed by atoms with E-state index < -0.39 is 0 Å². The zero-order valence-corrected chi connectivity index (χ0v) is 6.90. The second kappa shape index (κ2) is 1.66. The molecule has 2 aliphatic carbocycles. The summed E-state index contributed by atoms with van der Waals surface area (Å²) in [6, 6.07) is 0. The summed E-state index contributed by atoms with van der Waals surface area (Å²) in [7, 11) is 0. The standard InChI is InChI=1S/C9H9NO3/c11-8-4-2-1-3(7-6(2)13-7)5(4)9(12)10-8/h2-7H,1H2,(H,10,11,12). The molecule has 2 amide bonds. The van der Waals surface area contributed by atoms with E-state index in [2.05, 4.69) is 5.32 Å². The quantitative estimate of drug-likeness (QED) is 0.395. The molecule has 6 unspecified atom stereocenters. The van der Waals surface area contributed by atoms with E-state index in [-0.39, 0.29) is 23.7 Å².